The summed E-state index contributed by atoms with van der Waals surface area (Å²) in [6.07, 6.45) is 6.42. The topological polar surface area (TPSA) is 51.7 Å². The number of hydrogen-bond donors (Lipinski definition) is 0. The summed E-state index contributed by atoms with van der Waals surface area (Å²) >= 11 is 0. The normalized spacial score (nSPS) is 17.9. The van der Waals surface area contributed by atoms with Gasteiger partial charge in [-0.2, -0.15) is 0 Å². The molecular weight excluding hydrogens is 472 g/mol. The lowest BCUT2D eigenvalue weighted by molar-refractivity contribution is 0.0183. The highest BCUT2D eigenvalue weighted by atomic mass is 16.6. The third kappa shape index (κ3) is 6.63. The van der Waals surface area contributed by atoms with Crippen molar-refractivity contribution in [3.63, 3.8) is 0 Å². The quantitative estimate of drug-likeness (QED) is 0.307. The SMILES string of the molecule is COCCCc1cccc(C)c1-c1ccc([C@H]2CN(C(=O)OC(C)(C)C)CC[C@@H]2c2cccnc2)c(C)c1. The summed E-state index contributed by atoms with van der Waals surface area (Å²) in [5.74, 6) is 0.447. The Hall–Kier alpha value is -3.18. The molecule has 38 heavy (non-hydrogen) atoms. The van der Waals surface area contributed by atoms with Gasteiger partial charge >= 0.3 is 6.09 Å². The first-order valence-electron chi connectivity index (χ1n) is 13.7. The smallest absolute Gasteiger partial charge is 0.410 e. The van der Waals surface area contributed by atoms with E-state index in [4.69, 9.17) is 9.47 Å². The van der Waals surface area contributed by atoms with Crippen LogP contribution >= 0.6 is 0 Å². The van der Waals surface area contributed by atoms with Crippen molar-refractivity contribution in [2.75, 3.05) is 26.8 Å². The summed E-state index contributed by atoms with van der Waals surface area (Å²) in [5, 5.41) is 0. The van der Waals surface area contributed by atoms with Crippen molar-refractivity contribution >= 4 is 6.09 Å². The zero-order valence-corrected chi connectivity index (χ0v) is 23.8. The molecule has 2 aromatic carbocycles. The highest BCUT2D eigenvalue weighted by Crippen LogP contribution is 2.42. The highest BCUT2D eigenvalue weighted by Gasteiger charge is 2.36. The van der Waals surface area contributed by atoms with Crippen LogP contribution in [0, 0.1) is 13.8 Å². The number of rotatable bonds is 7. The minimum atomic E-state index is -0.515. The van der Waals surface area contributed by atoms with Crippen LogP contribution in [-0.2, 0) is 15.9 Å². The number of aryl methyl sites for hydroxylation is 3. The fourth-order valence-electron chi connectivity index (χ4n) is 5.76. The molecule has 0 N–H and O–H groups in total. The van der Waals surface area contributed by atoms with Crippen molar-refractivity contribution < 1.29 is 14.3 Å². The molecular formula is C33H42N2O3. The van der Waals surface area contributed by atoms with Gasteiger partial charge in [-0.15, -0.1) is 0 Å². The Kier molecular flexibility index (Phi) is 8.88. The molecule has 1 saturated heterocycles. The second-order valence-corrected chi connectivity index (χ2v) is 11.5. The van der Waals surface area contributed by atoms with Gasteiger partial charge in [0.2, 0.25) is 0 Å². The first kappa shape index (κ1) is 27.8. The third-order valence-electron chi connectivity index (χ3n) is 7.49. The summed E-state index contributed by atoms with van der Waals surface area (Å²) in [6, 6.07) is 17.6. The predicted molar refractivity (Wildman–Crippen MR) is 154 cm³/mol. The molecule has 1 aliphatic heterocycles. The van der Waals surface area contributed by atoms with Gasteiger partial charge in [0.25, 0.3) is 0 Å². The largest absolute Gasteiger partial charge is 0.444 e. The number of likely N-dealkylation sites (tertiary alicyclic amines) is 1. The van der Waals surface area contributed by atoms with Crippen molar-refractivity contribution in [2.24, 2.45) is 0 Å². The van der Waals surface area contributed by atoms with Crippen LogP contribution in [-0.4, -0.2) is 48.4 Å². The fraction of sp³-hybridized carbons (Fsp3) is 0.455. The van der Waals surface area contributed by atoms with Gasteiger partial charge in [-0.25, -0.2) is 4.79 Å². The van der Waals surface area contributed by atoms with Crippen LogP contribution in [0.3, 0.4) is 0 Å². The molecule has 202 valence electrons. The standard InChI is InChI=1S/C33H42N2O3/c1-23-10-7-11-25(13-9-19-37-6)31(23)26-14-15-28(24(2)20-26)30-22-35(32(36)38-33(3,4)5)18-16-29(30)27-12-8-17-34-21-27/h7-8,10-12,14-15,17,20-21,29-30H,9,13,16,18-19,22H2,1-6H3/t29-,30-/m1/s1. The van der Waals surface area contributed by atoms with Gasteiger partial charge in [-0.05, 0) is 105 Å². The Morgan fingerprint density at radius 3 is 2.55 bits per heavy atom. The van der Waals surface area contributed by atoms with Crippen LogP contribution in [0.15, 0.2) is 60.9 Å². The van der Waals surface area contributed by atoms with Gasteiger partial charge in [-0.3, -0.25) is 4.98 Å². The number of piperidine rings is 1. The van der Waals surface area contributed by atoms with E-state index in [-0.39, 0.29) is 17.9 Å². The first-order chi connectivity index (χ1) is 18.2. The lowest BCUT2D eigenvalue weighted by Gasteiger charge is -2.40. The number of nitrogens with zero attached hydrogens (tertiary/aromatic N) is 2. The van der Waals surface area contributed by atoms with E-state index in [0.29, 0.717) is 13.1 Å². The minimum Gasteiger partial charge on any atom is -0.444 e. The molecule has 0 radical (unpaired) electrons. The van der Waals surface area contributed by atoms with Crippen LogP contribution in [0.1, 0.15) is 73.3 Å². The van der Waals surface area contributed by atoms with E-state index in [0.717, 1.165) is 25.9 Å². The number of pyridine rings is 1. The molecule has 0 aliphatic carbocycles. The molecule has 1 fully saturated rings. The zero-order chi connectivity index (χ0) is 27.3. The number of ether oxygens (including phenoxy) is 2. The van der Waals surface area contributed by atoms with Crippen molar-refractivity contribution in [1.82, 2.24) is 9.88 Å². The van der Waals surface area contributed by atoms with E-state index in [1.165, 1.54) is 38.9 Å². The van der Waals surface area contributed by atoms with Crippen molar-refractivity contribution in [1.29, 1.82) is 0 Å². The Labute approximate surface area is 228 Å². The van der Waals surface area contributed by atoms with E-state index < -0.39 is 5.60 Å². The van der Waals surface area contributed by atoms with Crippen LogP contribution in [0.25, 0.3) is 11.1 Å². The molecule has 1 aromatic heterocycles. The number of carbonyl (C=O) groups is 1. The van der Waals surface area contributed by atoms with Crippen LogP contribution in [0.4, 0.5) is 4.79 Å². The summed E-state index contributed by atoms with van der Waals surface area (Å²) in [7, 11) is 1.76. The number of methoxy groups -OCH3 is 1. The number of amides is 1. The number of aromatic nitrogens is 1. The second-order valence-electron chi connectivity index (χ2n) is 11.5. The summed E-state index contributed by atoms with van der Waals surface area (Å²) in [6.45, 7) is 12.2. The molecule has 3 aromatic rings. The van der Waals surface area contributed by atoms with Crippen molar-refractivity contribution in [3.05, 3.63) is 88.7 Å². The Bertz CT molecular complexity index is 1230. The van der Waals surface area contributed by atoms with Crippen LogP contribution < -0.4 is 0 Å². The lowest BCUT2D eigenvalue weighted by Crippen LogP contribution is -2.44. The van der Waals surface area contributed by atoms with Gasteiger partial charge in [0, 0.05) is 45.1 Å². The van der Waals surface area contributed by atoms with E-state index >= 15 is 0 Å². The number of hydrogen-bond acceptors (Lipinski definition) is 4. The molecule has 0 unspecified atom stereocenters. The maximum absolute atomic E-state index is 13.0. The van der Waals surface area contributed by atoms with Gasteiger partial charge in [-0.1, -0.05) is 42.5 Å². The highest BCUT2D eigenvalue weighted by molar-refractivity contribution is 5.72. The molecule has 4 rings (SSSR count). The van der Waals surface area contributed by atoms with Crippen LogP contribution in [0.2, 0.25) is 0 Å². The zero-order valence-electron chi connectivity index (χ0n) is 23.8. The molecule has 5 nitrogen and oxygen atoms in total. The van der Waals surface area contributed by atoms with Gasteiger partial charge < -0.3 is 14.4 Å². The van der Waals surface area contributed by atoms with E-state index in [2.05, 4.69) is 61.3 Å². The summed E-state index contributed by atoms with van der Waals surface area (Å²) < 4.78 is 11.0. The van der Waals surface area contributed by atoms with Crippen LogP contribution in [0.5, 0.6) is 0 Å². The van der Waals surface area contributed by atoms with Gasteiger partial charge in [0.1, 0.15) is 5.60 Å². The molecule has 0 saturated carbocycles. The van der Waals surface area contributed by atoms with Gasteiger partial charge in [0.15, 0.2) is 0 Å². The Balaban J connectivity index is 1.68. The maximum Gasteiger partial charge on any atom is 0.410 e. The molecule has 0 spiro atoms. The van der Waals surface area contributed by atoms with Crippen molar-refractivity contribution in [3.8, 4) is 11.1 Å². The monoisotopic (exact) mass is 514 g/mol. The number of benzene rings is 2. The van der Waals surface area contributed by atoms with Crippen molar-refractivity contribution in [2.45, 2.75) is 71.3 Å². The predicted octanol–water partition coefficient (Wildman–Crippen LogP) is 7.45. The van der Waals surface area contributed by atoms with E-state index in [1.807, 2.05) is 44.1 Å². The molecule has 0 bridgehead atoms. The minimum absolute atomic E-state index is 0.160. The number of carbonyl (C=O) groups excluding carboxylic acids is 1. The third-order valence-corrected chi connectivity index (χ3v) is 7.49. The summed E-state index contributed by atoms with van der Waals surface area (Å²) in [4.78, 5) is 19.3. The van der Waals surface area contributed by atoms with E-state index in [9.17, 15) is 4.79 Å². The molecule has 1 amide bonds. The first-order valence-corrected chi connectivity index (χ1v) is 13.7. The maximum atomic E-state index is 13.0. The average molecular weight is 515 g/mol. The Morgan fingerprint density at radius 1 is 1.05 bits per heavy atom. The van der Waals surface area contributed by atoms with E-state index in [1.54, 1.807) is 7.11 Å². The second kappa shape index (κ2) is 12.1. The fourth-order valence-corrected chi connectivity index (χ4v) is 5.76. The molecule has 2 atom stereocenters. The molecule has 5 heteroatoms. The summed E-state index contributed by atoms with van der Waals surface area (Å²) in [5.41, 5.74) is 8.45. The Morgan fingerprint density at radius 2 is 1.87 bits per heavy atom. The molecule has 1 aliphatic rings. The lowest BCUT2D eigenvalue weighted by atomic mass is 9.75. The average Bonchev–Trinajstić information content (AvgIpc) is 2.88. The molecule has 2 heterocycles. The van der Waals surface area contributed by atoms with Gasteiger partial charge in [0.05, 0.1) is 0 Å².